The zero-order chi connectivity index (χ0) is 39.0. The molecule has 1 saturated carbocycles. The number of nitrogen functional groups attached to an aromatic ring is 1. The zero-order valence-electron chi connectivity index (χ0n) is 30.4. The lowest BCUT2D eigenvalue weighted by Gasteiger charge is -2.42. The van der Waals surface area contributed by atoms with Gasteiger partial charge in [-0.2, -0.15) is 5.10 Å². The second-order valence-electron chi connectivity index (χ2n) is 14.2. The van der Waals surface area contributed by atoms with E-state index >= 15 is 0 Å². The van der Waals surface area contributed by atoms with Gasteiger partial charge in [-0.05, 0) is 67.9 Å². The van der Waals surface area contributed by atoms with Gasteiger partial charge in [0, 0.05) is 31.1 Å². The fraction of sp³-hybridized carbons (Fsp3) is 0.405. The molecule has 19 heteroatoms. The number of nitrogens with two attached hydrogens (primary N) is 1. The molecule has 5 N–H and O–H groups in total. The number of fused-ring (bicyclic) bond motifs is 1. The minimum atomic E-state index is -4.73. The Morgan fingerprint density at radius 1 is 0.964 bits per heavy atom. The molecule has 4 aromatic rings. The van der Waals surface area contributed by atoms with Gasteiger partial charge in [-0.25, -0.2) is 13.8 Å². The molecule has 2 saturated heterocycles. The molecule has 4 aliphatic rings. The van der Waals surface area contributed by atoms with Crippen LogP contribution in [0.2, 0.25) is 0 Å². The summed E-state index contributed by atoms with van der Waals surface area (Å²) in [6.07, 6.45) is 7.93. The third kappa shape index (κ3) is 7.83. The van der Waals surface area contributed by atoms with E-state index in [1.165, 1.54) is 4.68 Å². The Hall–Kier alpha value is -5.39. The van der Waals surface area contributed by atoms with Gasteiger partial charge in [0.15, 0.2) is 12.6 Å². The van der Waals surface area contributed by atoms with E-state index in [0.29, 0.717) is 67.6 Å². The molecule has 1 aliphatic carbocycles. The van der Waals surface area contributed by atoms with Crippen molar-refractivity contribution in [2.45, 2.75) is 56.5 Å². The number of phosphoric ester groups is 1. The van der Waals surface area contributed by atoms with E-state index in [-0.39, 0.29) is 41.9 Å². The molecule has 0 bridgehead atoms. The van der Waals surface area contributed by atoms with Crippen LogP contribution in [0.15, 0.2) is 60.9 Å². The Morgan fingerprint density at radius 2 is 1.79 bits per heavy atom. The number of imide groups is 1. The predicted molar refractivity (Wildman–Crippen MR) is 202 cm³/mol. The third-order valence-corrected chi connectivity index (χ3v) is 11.4. The van der Waals surface area contributed by atoms with Gasteiger partial charge >= 0.3 is 7.82 Å². The molecule has 8 rings (SSSR count). The lowest BCUT2D eigenvalue weighted by Crippen LogP contribution is -2.54. The third-order valence-electron chi connectivity index (χ3n) is 10.9. The van der Waals surface area contributed by atoms with Crippen molar-refractivity contribution in [1.29, 1.82) is 0 Å². The molecule has 56 heavy (non-hydrogen) atoms. The lowest BCUT2D eigenvalue weighted by molar-refractivity contribution is -0.134. The van der Waals surface area contributed by atoms with Crippen molar-refractivity contribution in [2.24, 2.45) is 0 Å². The van der Waals surface area contributed by atoms with Crippen molar-refractivity contribution < 1.29 is 42.7 Å². The summed E-state index contributed by atoms with van der Waals surface area (Å²) >= 11 is 0. The number of benzene rings is 2. The van der Waals surface area contributed by atoms with Crippen molar-refractivity contribution in [2.75, 3.05) is 55.1 Å². The minimum Gasteiger partial charge on any atom is -0.489 e. The fourth-order valence-corrected chi connectivity index (χ4v) is 8.39. The van der Waals surface area contributed by atoms with Crippen molar-refractivity contribution in [3.8, 4) is 28.4 Å². The smallest absolute Gasteiger partial charge is 0.472 e. The molecule has 0 spiro atoms. The summed E-state index contributed by atoms with van der Waals surface area (Å²) in [6, 6.07) is 14.4. The normalized spacial score (nSPS) is 22.0. The molecule has 0 radical (unpaired) electrons. The molecule has 3 fully saturated rings. The first-order valence-corrected chi connectivity index (χ1v) is 20.1. The highest BCUT2D eigenvalue weighted by atomic mass is 31.2. The van der Waals surface area contributed by atoms with Gasteiger partial charge in [-0.1, -0.05) is 24.3 Å². The number of piperidine rings is 1. The zero-order valence-corrected chi connectivity index (χ0v) is 31.3. The number of phosphoric acid groups is 1. The Labute approximate surface area is 321 Å². The van der Waals surface area contributed by atoms with Crippen LogP contribution in [0.4, 0.5) is 17.2 Å². The maximum atomic E-state index is 13.6. The van der Waals surface area contributed by atoms with Crippen LogP contribution in [0.3, 0.4) is 0 Å². The average molecular weight is 788 g/mol. The Morgan fingerprint density at radius 3 is 2.57 bits per heavy atom. The minimum absolute atomic E-state index is 0.0258. The highest BCUT2D eigenvalue weighted by Gasteiger charge is 2.38. The Bertz CT molecular complexity index is 2190. The summed E-state index contributed by atoms with van der Waals surface area (Å²) in [6.45, 7) is 1.88. The van der Waals surface area contributed by atoms with Crippen LogP contribution in [-0.4, -0.2) is 104 Å². The number of para-hydroxylation sites is 2. The number of nitrogens with one attached hydrogen (secondary N) is 1. The Balaban J connectivity index is 0.895. The summed E-state index contributed by atoms with van der Waals surface area (Å²) in [5, 5.41) is 15.3. The van der Waals surface area contributed by atoms with Crippen molar-refractivity contribution in [3.05, 3.63) is 66.5 Å². The van der Waals surface area contributed by atoms with E-state index < -0.39 is 20.7 Å². The fourth-order valence-electron chi connectivity index (χ4n) is 8.20. The summed E-state index contributed by atoms with van der Waals surface area (Å²) in [5.74, 6) is 0.988. The largest absolute Gasteiger partial charge is 0.489 e. The molecule has 18 nitrogen and oxygen atoms in total. The van der Waals surface area contributed by atoms with E-state index in [0.717, 1.165) is 42.7 Å². The van der Waals surface area contributed by atoms with Gasteiger partial charge in [-0.15, -0.1) is 10.2 Å². The van der Waals surface area contributed by atoms with Crippen LogP contribution in [0, 0.1) is 0 Å². The highest BCUT2D eigenvalue weighted by Crippen LogP contribution is 2.45. The maximum absolute atomic E-state index is 13.6. The summed E-state index contributed by atoms with van der Waals surface area (Å²) in [5.41, 5.74) is 10.2. The topological polar surface area (TPSA) is 228 Å². The first kappa shape index (κ1) is 37.5. The number of carbonyl (C=O) groups is 3. The van der Waals surface area contributed by atoms with E-state index in [2.05, 4.69) is 41.0 Å². The van der Waals surface area contributed by atoms with Crippen LogP contribution in [0.25, 0.3) is 16.9 Å². The number of aromatic nitrogens is 4. The van der Waals surface area contributed by atoms with Gasteiger partial charge in [0.25, 0.3) is 0 Å². The molecule has 0 unspecified atom stereocenters. The molecule has 3 amide bonds. The lowest BCUT2D eigenvalue weighted by atomic mass is 9.80. The van der Waals surface area contributed by atoms with Crippen molar-refractivity contribution >= 4 is 42.7 Å². The number of hydrogen-bond donors (Lipinski definition) is 4. The van der Waals surface area contributed by atoms with Gasteiger partial charge in [0.1, 0.15) is 29.8 Å². The second kappa shape index (κ2) is 15.6. The van der Waals surface area contributed by atoms with E-state index in [1.54, 1.807) is 47.6 Å². The first-order chi connectivity index (χ1) is 27.0. The van der Waals surface area contributed by atoms with Crippen LogP contribution in [-0.2, 0) is 23.5 Å². The Kier molecular flexibility index (Phi) is 10.5. The molecule has 2 aromatic carbocycles. The van der Waals surface area contributed by atoms with Crippen molar-refractivity contribution in [3.63, 3.8) is 0 Å². The van der Waals surface area contributed by atoms with E-state index in [4.69, 9.17) is 25.0 Å². The van der Waals surface area contributed by atoms with Crippen LogP contribution < -0.4 is 30.3 Å². The van der Waals surface area contributed by atoms with Crippen LogP contribution in [0.5, 0.6) is 11.5 Å². The number of amides is 3. The van der Waals surface area contributed by atoms with Gasteiger partial charge in [0.2, 0.25) is 17.7 Å². The SMILES string of the molecule is Nc1nnc(-c2ccccc2OCOP(=O)(O)O)cc1-n1cc(N2CCN(C3CCC(c4cccc5c4OCCN5[C@H]4CCC(=O)NC4=O)CC3)CC2=O)cn1. The number of nitrogens with zero attached hydrogens (tertiary/aromatic N) is 7. The van der Waals surface area contributed by atoms with Crippen molar-refractivity contribution in [1.82, 2.24) is 30.2 Å². The average Bonchev–Trinajstić information content (AvgIpc) is 3.67. The summed E-state index contributed by atoms with van der Waals surface area (Å²) in [4.78, 5) is 62.2. The number of hydrogen-bond acceptors (Lipinski definition) is 13. The maximum Gasteiger partial charge on any atom is 0.472 e. The predicted octanol–water partition coefficient (Wildman–Crippen LogP) is 2.74. The summed E-state index contributed by atoms with van der Waals surface area (Å²) < 4.78 is 28.7. The van der Waals surface area contributed by atoms with Gasteiger partial charge in [0.05, 0.1) is 42.6 Å². The molecular formula is C37H42N9O9P. The molecule has 294 valence electrons. The molecule has 2 aromatic heterocycles. The monoisotopic (exact) mass is 787 g/mol. The molecule has 1 atom stereocenters. The quantitative estimate of drug-likeness (QED) is 0.103. The molecule has 3 aliphatic heterocycles. The number of ether oxygens (including phenoxy) is 2. The van der Waals surface area contributed by atoms with Crippen LogP contribution in [0.1, 0.15) is 50.0 Å². The van der Waals surface area contributed by atoms with E-state index in [1.807, 2.05) is 12.1 Å². The van der Waals surface area contributed by atoms with E-state index in [9.17, 15) is 18.9 Å². The molecule has 5 heterocycles. The highest BCUT2D eigenvalue weighted by molar-refractivity contribution is 7.46. The van der Waals surface area contributed by atoms with Gasteiger partial charge < -0.3 is 34.8 Å². The standard InChI is InChI=1S/C37H42N9O9P/c38-36-31(18-28(41-42-36)27-4-1-2-7-32(27)54-22-55-56(50,51)52)46-20-25(19-39-46)44-15-14-43(21-34(44)48)24-10-8-23(9-11-24)26-5-3-6-29-35(26)53-17-16-45(29)30-12-13-33(47)40-37(30)49/h1-7,18-20,23-24,30H,8-17,21-22H2,(H2,38,42)(H,40,47,49)(H2,50,51,52)/t23?,24?,30-/m0/s1. The summed E-state index contributed by atoms with van der Waals surface area (Å²) in [7, 11) is -4.73. The van der Waals surface area contributed by atoms with Crippen LogP contribution >= 0.6 is 7.82 Å². The molecular weight excluding hydrogens is 745 g/mol. The first-order valence-electron chi connectivity index (χ1n) is 18.5. The van der Waals surface area contributed by atoms with Gasteiger partial charge in [-0.3, -0.25) is 24.6 Å². The number of rotatable bonds is 10. The second-order valence-corrected chi connectivity index (χ2v) is 15.5. The number of piperazine rings is 1. The number of carbonyl (C=O) groups excluding carboxylic acids is 3. The number of anilines is 3.